The molecule has 3 aromatic rings. The molecule has 0 fully saturated rings. The highest BCUT2D eigenvalue weighted by Crippen LogP contribution is 2.30. The van der Waals surface area contributed by atoms with Crippen molar-refractivity contribution < 1.29 is 9.90 Å². The van der Waals surface area contributed by atoms with Crippen LogP contribution in [0.5, 0.6) is 0 Å². The first-order chi connectivity index (χ1) is 11.6. The zero-order chi connectivity index (χ0) is 17.1. The van der Waals surface area contributed by atoms with Gasteiger partial charge in [0, 0.05) is 0 Å². The molecule has 0 unspecified atom stereocenters. The van der Waals surface area contributed by atoms with E-state index in [1.165, 1.54) is 12.1 Å². The van der Waals surface area contributed by atoms with Crippen molar-refractivity contribution in [3.63, 3.8) is 0 Å². The largest absolute Gasteiger partial charge is 0.478 e. The summed E-state index contributed by atoms with van der Waals surface area (Å²) in [6.07, 6.45) is 0. The Kier molecular flexibility index (Phi) is 4.07. The molecule has 0 spiro atoms. The molecule has 0 radical (unpaired) electrons. The summed E-state index contributed by atoms with van der Waals surface area (Å²) >= 11 is 0. The summed E-state index contributed by atoms with van der Waals surface area (Å²) in [5, 5.41) is 21.6. The second kappa shape index (κ2) is 6.33. The maximum Gasteiger partial charge on any atom is 0.335 e. The molecule has 3 N–H and O–H groups in total. The lowest BCUT2D eigenvalue weighted by Gasteiger charge is -2.02. The molecule has 0 saturated heterocycles. The van der Waals surface area contributed by atoms with Crippen LogP contribution >= 0.6 is 0 Å². The fourth-order valence-corrected chi connectivity index (χ4v) is 2.24. The second-order valence-electron chi connectivity index (χ2n) is 5.12. The minimum Gasteiger partial charge on any atom is -0.478 e. The highest BCUT2D eigenvalue weighted by Gasteiger charge is 2.13. The van der Waals surface area contributed by atoms with Crippen LogP contribution in [0, 0.1) is 6.92 Å². The molecule has 0 amide bonds. The minimum absolute atomic E-state index is 0.149. The molecule has 0 aliphatic heterocycles. The number of aromatic carboxylic acids is 1. The van der Waals surface area contributed by atoms with E-state index in [9.17, 15) is 4.79 Å². The van der Waals surface area contributed by atoms with E-state index in [2.05, 4.69) is 15.3 Å². The van der Waals surface area contributed by atoms with Crippen LogP contribution in [0.25, 0.3) is 5.69 Å². The first kappa shape index (κ1) is 15.4. The molecule has 0 aliphatic carbocycles. The van der Waals surface area contributed by atoms with Gasteiger partial charge in [-0.1, -0.05) is 24.3 Å². The van der Waals surface area contributed by atoms with Crippen molar-refractivity contribution in [3.8, 4) is 5.69 Å². The van der Waals surface area contributed by atoms with Crippen LogP contribution in [0.1, 0.15) is 16.1 Å². The van der Waals surface area contributed by atoms with Crippen LogP contribution < -0.4 is 5.73 Å². The maximum absolute atomic E-state index is 11.0. The number of carbonyl (C=O) groups is 1. The summed E-state index contributed by atoms with van der Waals surface area (Å²) in [5.74, 6) is -0.642. The molecule has 0 atom stereocenters. The van der Waals surface area contributed by atoms with Crippen LogP contribution in [-0.2, 0) is 0 Å². The van der Waals surface area contributed by atoms with E-state index in [4.69, 9.17) is 10.8 Å². The lowest BCUT2D eigenvalue weighted by molar-refractivity contribution is 0.0697. The van der Waals surface area contributed by atoms with Crippen LogP contribution in [0.15, 0.2) is 64.8 Å². The van der Waals surface area contributed by atoms with Gasteiger partial charge in [0.2, 0.25) is 0 Å². The smallest absolute Gasteiger partial charge is 0.335 e. The predicted octanol–water partition coefficient (Wildman–Crippen LogP) is 3.88. The van der Waals surface area contributed by atoms with E-state index in [0.29, 0.717) is 22.9 Å². The molecule has 1 heterocycles. The maximum atomic E-state index is 11.0. The number of benzene rings is 2. The Morgan fingerprint density at radius 2 is 1.88 bits per heavy atom. The van der Waals surface area contributed by atoms with E-state index in [0.717, 1.165) is 5.69 Å². The van der Waals surface area contributed by atoms with Crippen LogP contribution in [0.3, 0.4) is 0 Å². The molecule has 0 saturated carbocycles. The number of nitrogens with two attached hydrogens (primary N) is 1. The number of hydrogen-bond donors (Lipinski definition) is 2. The Morgan fingerprint density at radius 3 is 2.58 bits per heavy atom. The first-order valence-corrected chi connectivity index (χ1v) is 7.22. The number of nitrogens with zero attached hydrogens (tertiary/aromatic N) is 4. The number of rotatable bonds is 4. The van der Waals surface area contributed by atoms with Gasteiger partial charge in [-0.2, -0.15) is 10.2 Å². The van der Waals surface area contributed by atoms with Crippen LogP contribution in [-0.4, -0.2) is 20.9 Å². The van der Waals surface area contributed by atoms with E-state index in [-0.39, 0.29) is 5.56 Å². The Morgan fingerprint density at radius 1 is 1.12 bits per heavy atom. The normalized spacial score (nSPS) is 11.0. The Bertz CT molecular complexity index is 916. The molecule has 24 heavy (non-hydrogen) atoms. The quantitative estimate of drug-likeness (QED) is 0.711. The van der Waals surface area contributed by atoms with E-state index in [1.54, 1.807) is 23.7 Å². The molecule has 120 valence electrons. The van der Waals surface area contributed by atoms with Crippen molar-refractivity contribution in [1.29, 1.82) is 0 Å². The summed E-state index contributed by atoms with van der Waals surface area (Å²) < 4.78 is 1.59. The number of aryl methyl sites for hydroxylation is 1. The molecule has 3 rings (SSSR count). The van der Waals surface area contributed by atoms with Gasteiger partial charge in [0.1, 0.15) is 0 Å². The predicted molar refractivity (Wildman–Crippen MR) is 90.3 cm³/mol. The van der Waals surface area contributed by atoms with Crippen molar-refractivity contribution >= 4 is 23.2 Å². The number of nitrogen functional groups attached to an aromatic ring is 1. The summed E-state index contributed by atoms with van der Waals surface area (Å²) in [5.41, 5.74) is 8.63. The molecule has 7 nitrogen and oxygen atoms in total. The average Bonchev–Trinajstić information content (AvgIpc) is 2.88. The van der Waals surface area contributed by atoms with E-state index < -0.39 is 5.97 Å². The topological polar surface area (TPSA) is 106 Å². The Hall–Kier alpha value is -3.48. The van der Waals surface area contributed by atoms with Crippen molar-refractivity contribution in [2.24, 2.45) is 10.2 Å². The van der Waals surface area contributed by atoms with Gasteiger partial charge in [-0.15, -0.1) is 5.11 Å². The van der Waals surface area contributed by atoms with Crippen molar-refractivity contribution in [2.45, 2.75) is 6.92 Å². The molecule has 0 bridgehead atoms. The summed E-state index contributed by atoms with van der Waals surface area (Å²) in [6.45, 7) is 1.79. The van der Waals surface area contributed by atoms with Gasteiger partial charge in [0.15, 0.2) is 11.5 Å². The minimum atomic E-state index is -1.01. The van der Waals surface area contributed by atoms with Crippen molar-refractivity contribution in [3.05, 3.63) is 65.9 Å². The van der Waals surface area contributed by atoms with Gasteiger partial charge in [0.05, 0.1) is 22.6 Å². The fourth-order valence-electron chi connectivity index (χ4n) is 2.24. The van der Waals surface area contributed by atoms with Gasteiger partial charge in [-0.05, 0) is 37.3 Å². The number of carboxylic acids is 1. The lowest BCUT2D eigenvalue weighted by atomic mass is 10.2. The van der Waals surface area contributed by atoms with Gasteiger partial charge < -0.3 is 10.8 Å². The third-order valence-electron chi connectivity index (χ3n) is 3.42. The van der Waals surface area contributed by atoms with Crippen molar-refractivity contribution in [1.82, 2.24) is 9.78 Å². The van der Waals surface area contributed by atoms with Gasteiger partial charge >= 0.3 is 5.97 Å². The molecule has 0 aliphatic rings. The zero-order valence-electron chi connectivity index (χ0n) is 12.9. The van der Waals surface area contributed by atoms with Gasteiger partial charge in [0.25, 0.3) is 0 Å². The zero-order valence-corrected chi connectivity index (χ0v) is 12.9. The first-order valence-electron chi connectivity index (χ1n) is 7.22. The van der Waals surface area contributed by atoms with Crippen LogP contribution in [0.2, 0.25) is 0 Å². The summed E-state index contributed by atoms with van der Waals surface area (Å²) in [6, 6.07) is 15.7. The number of anilines is 1. The molecule has 7 heteroatoms. The molecule has 2 aromatic carbocycles. The SMILES string of the molecule is Cc1nn(-c2ccccc2)c(N)c1/N=N/c1cccc(C(=O)O)c1. The Balaban J connectivity index is 1.95. The number of azo groups is 1. The van der Waals surface area contributed by atoms with Gasteiger partial charge in [-0.25, -0.2) is 9.48 Å². The van der Waals surface area contributed by atoms with Gasteiger partial charge in [-0.3, -0.25) is 0 Å². The summed E-state index contributed by atoms with van der Waals surface area (Å²) in [4.78, 5) is 11.0. The third-order valence-corrected chi connectivity index (χ3v) is 3.42. The van der Waals surface area contributed by atoms with Crippen LogP contribution in [0.4, 0.5) is 17.2 Å². The highest BCUT2D eigenvalue weighted by atomic mass is 16.4. The van der Waals surface area contributed by atoms with E-state index >= 15 is 0 Å². The highest BCUT2D eigenvalue weighted by molar-refractivity contribution is 5.88. The average molecular weight is 321 g/mol. The van der Waals surface area contributed by atoms with E-state index in [1.807, 2.05) is 30.3 Å². The second-order valence-corrected chi connectivity index (χ2v) is 5.12. The number of hydrogen-bond acceptors (Lipinski definition) is 5. The number of aromatic nitrogens is 2. The lowest BCUT2D eigenvalue weighted by Crippen LogP contribution is -2.01. The standard InChI is InChI=1S/C17H15N5O2/c1-11-15(16(18)22(21-11)14-8-3-2-4-9-14)20-19-13-7-5-6-12(10-13)17(23)24/h2-10H,18H2,1H3,(H,23,24)/b20-19+. The third kappa shape index (κ3) is 3.00. The monoisotopic (exact) mass is 321 g/mol. The van der Waals surface area contributed by atoms with Crippen molar-refractivity contribution in [2.75, 3.05) is 5.73 Å². The summed E-state index contributed by atoms with van der Waals surface area (Å²) in [7, 11) is 0. The molecule has 1 aromatic heterocycles. The number of para-hydroxylation sites is 1. The Labute approximate surface area is 138 Å². The fraction of sp³-hybridized carbons (Fsp3) is 0.0588. The number of carboxylic acid groups (broad SMARTS) is 1. The molecular weight excluding hydrogens is 306 g/mol. The molecular formula is C17H15N5O2.